The zero-order chi connectivity index (χ0) is 19.5. The third-order valence-electron chi connectivity index (χ3n) is 4.05. The number of carbonyl (C=O) groups is 1. The Kier molecular flexibility index (Phi) is 6.05. The molecule has 2 aromatic rings. The minimum Gasteiger partial charge on any atom is -0.496 e. The van der Waals surface area contributed by atoms with Crippen molar-refractivity contribution in [3.05, 3.63) is 53.1 Å². The molecule has 0 aromatic heterocycles. The number of sulfonamides is 1. The van der Waals surface area contributed by atoms with Crippen molar-refractivity contribution in [2.75, 3.05) is 26.0 Å². The lowest BCUT2D eigenvalue weighted by atomic mass is 10.1. The van der Waals surface area contributed by atoms with E-state index in [0.29, 0.717) is 11.4 Å². The van der Waals surface area contributed by atoms with E-state index in [-0.39, 0.29) is 11.4 Å². The monoisotopic (exact) mass is 376 g/mol. The summed E-state index contributed by atoms with van der Waals surface area (Å²) in [5.41, 5.74) is 3.16. The van der Waals surface area contributed by atoms with Crippen molar-refractivity contribution in [3.8, 4) is 5.75 Å². The largest absolute Gasteiger partial charge is 0.496 e. The lowest BCUT2D eigenvalue weighted by Gasteiger charge is -2.18. The first kappa shape index (κ1) is 19.9. The normalized spacial score (nSPS) is 11.5. The van der Waals surface area contributed by atoms with E-state index in [2.05, 4.69) is 5.32 Å². The number of nitrogens with one attached hydrogen (secondary N) is 1. The van der Waals surface area contributed by atoms with Crippen LogP contribution in [0.25, 0.3) is 0 Å². The molecule has 1 N–H and O–H groups in total. The molecule has 0 heterocycles. The van der Waals surface area contributed by atoms with E-state index in [1.807, 2.05) is 19.1 Å². The highest BCUT2D eigenvalue weighted by atomic mass is 32.2. The van der Waals surface area contributed by atoms with Gasteiger partial charge < -0.3 is 10.1 Å². The Morgan fingerprint density at radius 2 is 1.62 bits per heavy atom. The van der Waals surface area contributed by atoms with E-state index in [9.17, 15) is 13.2 Å². The molecular formula is C19H24N2O4S. The fourth-order valence-electron chi connectivity index (χ4n) is 2.69. The van der Waals surface area contributed by atoms with Crippen molar-refractivity contribution in [1.82, 2.24) is 4.31 Å². The smallest absolute Gasteiger partial charge is 0.243 e. The van der Waals surface area contributed by atoms with Crippen LogP contribution in [-0.2, 0) is 14.8 Å². The maximum atomic E-state index is 12.8. The molecule has 140 valence electrons. The molecule has 26 heavy (non-hydrogen) atoms. The SMILES string of the molecule is COc1c(C)cc(S(=O)(=O)N(C)CC(=O)Nc2ccc(C)cc2)cc1C. The van der Waals surface area contributed by atoms with Gasteiger partial charge >= 0.3 is 0 Å². The topological polar surface area (TPSA) is 75.7 Å². The Balaban J connectivity index is 2.16. The number of aryl methyl sites for hydroxylation is 3. The molecule has 0 aliphatic heterocycles. The number of ether oxygens (including phenoxy) is 1. The average Bonchev–Trinajstić information content (AvgIpc) is 2.56. The van der Waals surface area contributed by atoms with E-state index in [1.54, 1.807) is 45.2 Å². The zero-order valence-corrected chi connectivity index (χ0v) is 16.5. The van der Waals surface area contributed by atoms with E-state index >= 15 is 0 Å². The van der Waals surface area contributed by atoms with Crippen molar-refractivity contribution in [2.24, 2.45) is 0 Å². The van der Waals surface area contributed by atoms with Crippen molar-refractivity contribution in [1.29, 1.82) is 0 Å². The predicted molar refractivity (Wildman–Crippen MR) is 102 cm³/mol. The molecule has 0 fully saturated rings. The van der Waals surface area contributed by atoms with Crippen LogP contribution in [0.15, 0.2) is 41.3 Å². The molecule has 2 rings (SSSR count). The summed E-state index contributed by atoms with van der Waals surface area (Å²) in [4.78, 5) is 12.3. The molecule has 0 aliphatic rings. The first-order chi connectivity index (χ1) is 12.1. The number of hydrogen-bond acceptors (Lipinski definition) is 4. The Hall–Kier alpha value is -2.38. The van der Waals surface area contributed by atoms with Crippen LogP contribution in [0.5, 0.6) is 5.75 Å². The second-order valence-corrected chi connectivity index (χ2v) is 8.31. The first-order valence-corrected chi connectivity index (χ1v) is 9.57. The van der Waals surface area contributed by atoms with Crippen LogP contribution in [0.2, 0.25) is 0 Å². The summed E-state index contributed by atoms with van der Waals surface area (Å²) >= 11 is 0. The summed E-state index contributed by atoms with van der Waals surface area (Å²) in [6.45, 7) is 5.25. The number of likely N-dealkylation sites (N-methyl/N-ethyl adjacent to an activating group) is 1. The summed E-state index contributed by atoms with van der Waals surface area (Å²) < 4.78 is 31.9. The predicted octanol–water partition coefficient (Wildman–Crippen LogP) is 2.88. The third kappa shape index (κ3) is 4.42. The summed E-state index contributed by atoms with van der Waals surface area (Å²) in [6, 6.07) is 10.4. The van der Waals surface area contributed by atoms with E-state index < -0.39 is 15.9 Å². The number of methoxy groups -OCH3 is 1. The number of carbonyl (C=O) groups excluding carboxylic acids is 1. The molecule has 0 saturated heterocycles. The highest BCUT2D eigenvalue weighted by molar-refractivity contribution is 7.89. The molecular weight excluding hydrogens is 352 g/mol. The van der Waals surface area contributed by atoms with Crippen LogP contribution in [0.4, 0.5) is 5.69 Å². The molecule has 0 saturated carbocycles. The number of rotatable bonds is 6. The van der Waals surface area contributed by atoms with Crippen LogP contribution in [0.1, 0.15) is 16.7 Å². The Labute approximate surface area is 154 Å². The fourth-order valence-corrected chi connectivity index (χ4v) is 3.98. The standard InChI is InChI=1S/C19H24N2O4S/c1-13-6-8-16(9-7-13)20-18(22)12-21(4)26(23,24)17-10-14(2)19(25-5)15(3)11-17/h6-11H,12H2,1-5H3,(H,20,22). The Morgan fingerprint density at radius 1 is 1.08 bits per heavy atom. The van der Waals surface area contributed by atoms with Crippen LogP contribution in [-0.4, -0.2) is 39.3 Å². The van der Waals surface area contributed by atoms with Crippen LogP contribution in [0, 0.1) is 20.8 Å². The Morgan fingerprint density at radius 3 is 2.12 bits per heavy atom. The Bertz CT molecular complexity index is 883. The second kappa shape index (κ2) is 7.88. The summed E-state index contributed by atoms with van der Waals surface area (Å²) in [5, 5.41) is 2.70. The molecule has 2 aromatic carbocycles. The van der Waals surface area contributed by atoms with Gasteiger partial charge in [-0.05, 0) is 56.2 Å². The molecule has 0 unspecified atom stereocenters. The molecule has 0 bridgehead atoms. The van der Waals surface area contributed by atoms with Gasteiger partial charge in [0.1, 0.15) is 5.75 Å². The average molecular weight is 376 g/mol. The van der Waals surface area contributed by atoms with E-state index in [1.165, 1.54) is 7.05 Å². The summed E-state index contributed by atoms with van der Waals surface area (Å²) in [5.74, 6) is 0.255. The number of hydrogen-bond donors (Lipinski definition) is 1. The lowest BCUT2D eigenvalue weighted by Crippen LogP contribution is -2.35. The minimum atomic E-state index is -3.79. The summed E-state index contributed by atoms with van der Waals surface area (Å²) in [7, 11) is -0.852. The maximum Gasteiger partial charge on any atom is 0.243 e. The molecule has 0 spiro atoms. The van der Waals surface area contributed by atoms with Crippen LogP contribution in [0.3, 0.4) is 0 Å². The maximum absolute atomic E-state index is 12.8. The number of amides is 1. The molecule has 0 atom stereocenters. The molecule has 1 amide bonds. The first-order valence-electron chi connectivity index (χ1n) is 8.13. The van der Waals surface area contributed by atoms with Crippen molar-refractivity contribution < 1.29 is 17.9 Å². The molecule has 6 nitrogen and oxygen atoms in total. The van der Waals surface area contributed by atoms with Crippen molar-refractivity contribution in [2.45, 2.75) is 25.7 Å². The zero-order valence-electron chi connectivity index (χ0n) is 15.7. The van der Waals surface area contributed by atoms with Gasteiger partial charge in [-0.3, -0.25) is 4.79 Å². The fraction of sp³-hybridized carbons (Fsp3) is 0.316. The van der Waals surface area contributed by atoms with Gasteiger partial charge in [0.25, 0.3) is 0 Å². The van der Waals surface area contributed by atoms with Crippen molar-refractivity contribution >= 4 is 21.6 Å². The van der Waals surface area contributed by atoms with Gasteiger partial charge in [-0.2, -0.15) is 4.31 Å². The van der Waals surface area contributed by atoms with Crippen LogP contribution >= 0.6 is 0 Å². The van der Waals surface area contributed by atoms with E-state index in [0.717, 1.165) is 21.0 Å². The van der Waals surface area contributed by atoms with Crippen LogP contribution < -0.4 is 10.1 Å². The molecule has 0 aliphatic carbocycles. The lowest BCUT2D eigenvalue weighted by molar-refractivity contribution is -0.116. The highest BCUT2D eigenvalue weighted by Gasteiger charge is 2.24. The second-order valence-electron chi connectivity index (χ2n) is 6.27. The quantitative estimate of drug-likeness (QED) is 0.841. The van der Waals surface area contributed by atoms with Gasteiger partial charge in [-0.1, -0.05) is 17.7 Å². The van der Waals surface area contributed by atoms with Gasteiger partial charge in [0.05, 0.1) is 18.6 Å². The van der Waals surface area contributed by atoms with Gasteiger partial charge in [0.2, 0.25) is 15.9 Å². The number of benzene rings is 2. The summed E-state index contributed by atoms with van der Waals surface area (Å²) in [6.07, 6.45) is 0. The number of nitrogens with zero attached hydrogens (tertiary/aromatic N) is 1. The van der Waals surface area contributed by atoms with E-state index in [4.69, 9.17) is 4.74 Å². The van der Waals surface area contributed by atoms with Crippen molar-refractivity contribution in [3.63, 3.8) is 0 Å². The minimum absolute atomic E-state index is 0.138. The molecule has 7 heteroatoms. The molecule has 0 radical (unpaired) electrons. The van der Waals surface area contributed by atoms with Gasteiger partial charge in [-0.15, -0.1) is 0 Å². The highest BCUT2D eigenvalue weighted by Crippen LogP contribution is 2.27. The number of anilines is 1. The van der Waals surface area contributed by atoms with Gasteiger partial charge in [-0.25, -0.2) is 8.42 Å². The van der Waals surface area contributed by atoms with Gasteiger partial charge in [0, 0.05) is 12.7 Å². The third-order valence-corrected chi connectivity index (χ3v) is 5.83. The van der Waals surface area contributed by atoms with Gasteiger partial charge in [0.15, 0.2) is 0 Å².